The van der Waals surface area contributed by atoms with Gasteiger partial charge in [0.25, 0.3) is 0 Å². The van der Waals surface area contributed by atoms with Crippen LogP contribution in [0.3, 0.4) is 0 Å². The zero-order chi connectivity index (χ0) is 22.8. The molecule has 0 spiro atoms. The SMILES string of the molecule is CCCC[C@H](OCOC)[C@@H](O[Si](C)(C)C(C)(C)C)[C@H](OCOC)[C@H]1CC=CC(=O)O1. The van der Waals surface area contributed by atoms with Crippen molar-refractivity contribution < 1.29 is 32.9 Å². The Bertz CT molecular complexity index is 522. The lowest BCUT2D eigenvalue weighted by molar-refractivity contribution is -0.199. The fraction of sp³-hybridized carbons (Fsp3) is 0.864. The molecule has 1 aliphatic heterocycles. The van der Waals surface area contributed by atoms with Crippen LogP contribution in [0.5, 0.6) is 0 Å². The zero-order valence-electron chi connectivity index (χ0n) is 20.1. The molecule has 4 atom stereocenters. The average Bonchev–Trinajstić information content (AvgIpc) is 2.67. The molecule has 0 fully saturated rings. The maximum atomic E-state index is 12.0. The second kappa shape index (κ2) is 12.9. The van der Waals surface area contributed by atoms with E-state index in [-0.39, 0.29) is 30.7 Å². The van der Waals surface area contributed by atoms with Gasteiger partial charge in [0.1, 0.15) is 31.9 Å². The van der Waals surface area contributed by atoms with E-state index in [0.29, 0.717) is 6.42 Å². The van der Waals surface area contributed by atoms with Crippen LogP contribution in [0, 0.1) is 0 Å². The van der Waals surface area contributed by atoms with Crippen LogP contribution in [0.15, 0.2) is 12.2 Å². The molecule has 0 radical (unpaired) electrons. The van der Waals surface area contributed by atoms with E-state index in [4.69, 9.17) is 28.1 Å². The number of hydrogen-bond acceptors (Lipinski definition) is 7. The topological polar surface area (TPSA) is 72.5 Å². The summed E-state index contributed by atoms with van der Waals surface area (Å²) in [7, 11) is 0.985. The molecule has 0 amide bonds. The maximum Gasteiger partial charge on any atom is 0.330 e. The molecule has 0 aromatic carbocycles. The molecule has 30 heavy (non-hydrogen) atoms. The van der Waals surface area contributed by atoms with Gasteiger partial charge < -0.3 is 28.1 Å². The molecule has 0 bridgehead atoms. The third-order valence-electron chi connectivity index (χ3n) is 5.80. The first kappa shape index (κ1) is 27.3. The lowest BCUT2D eigenvalue weighted by Gasteiger charge is -2.45. The van der Waals surface area contributed by atoms with Crippen LogP contribution in [-0.4, -0.2) is 66.5 Å². The molecule has 1 heterocycles. The molecule has 0 N–H and O–H groups in total. The van der Waals surface area contributed by atoms with Gasteiger partial charge in [0, 0.05) is 26.7 Å². The highest BCUT2D eigenvalue weighted by atomic mass is 28.4. The minimum Gasteiger partial charge on any atom is -0.456 e. The van der Waals surface area contributed by atoms with Crippen LogP contribution in [-0.2, 0) is 32.9 Å². The van der Waals surface area contributed by atoms with Gasteiger partial charge in [-0.05, 0) is 24.6 Å². The van der Waals surface area contributed by atoms with Gasteiger partial charge >= 0.3 is 5.97 Å². The van der Waals surface area contributed by atoms with E-state index < -0.39 is 26.6 Å². The second-order valence-electron chi connectivity index (χ2n) is 9.25. The van der Waals surface area contributed by atoms with Crippen molar-refractivity contribution in [2.45, 2.75) is 95.9 Å². The van der Waals surface area contributed by atoms with Crippen molar-refractivity contribution in [3.8, 4) is 0 Å². The van der Waals surface area contributed by atoms with Gasteiger partial charge in [-0.3, -0.25) is 0 Å². The molecule has 0 unspecified atom stereocenters. The van der Waals surface area contributed by atoms with Gasteiger partial charge in [-0.15, -0.1) is 0 Å². The summed E-state index contributed by atoms with van der Waals surface area (Å²) in [6.45, 7) is 13.4. The van der Waals surface area contributed by atoms with Gasteiger partial charge in [-0.25, -0.2) is 4.79 Å². The number of unbranched alkanes of at least 4 members (excludes halogenated alkanes) is 1. The number of carbonyl (C=O) groups excluding carboxylic acids is 1. The highest BCUT2D eigenvalue weighted by Crippen LogP contribution is 2.39. The van der Waals surface area contributed by atoms with Crippen LogP contribution < -0.4 is 0 Å². The van der Waals surface area contributed by atoms with Crippen molar-refractivity contribution in [2.75, 3.05) is 27.8 Å². The molecule has 8 heteroatoms. The van der Waals surface area contributed by atoms with Crippen molar-refractivity contribution in [3.05, 3.63) is 12.2 Å². The quantitative estimate of drug-likeness (QED) is 0.222. The summed E-state index contributed by atoms with van der Waals surface area (Å²) in [6, 6.07) is 0. The molecular weight excluding hydrogens is 404 g/mol. The summed E-state index contributed by atoms with van der Waals surface area (Å²) < 4.78 is 35.1. The number of hydrogen-bond donors (Lipinski definition) is 0. The summed E-state index contributed by atoms with van der Waals surface area (Å²) in [5, 5.41) is -0.00321. The minimum absolute atomic E-state index is 0.00321. The van der Waals surface area contributed by atoms with Gasteiger partial charge in [0.15, 0.2) is 8.32 Å². The Hall–Kier alpha value is -0.773. The molecule has 1 aliphatic rings. The van der Waals surface area contributed by atoms with E-state index in [2.05, 4.69) is 40.8 Å². The van der Waals surface area contributed by atoms with E-state index in [1.807, 2.05) is 6.08 Å². The summed E-state index contributed by atoms with van der Waals surface area (Å²) in [6.07, 6.45) is 4.96. The molecule has 1 rings (SSSR count). The lowest BCUT2D eigenvalue weighted by Crippen LogP contribution is -2.56. The van der Waals surface area contributed by atoms with Crippen LogP contribution in [0.2, 0.25) is 18.1 Å². The van der Waals surface area contributed by atoms with Crippen molar-refractivity contribution in [1.82, 2.24) is 0 Å². The van der Waals surface area contributed by atoms with Crippen LogP contribution in [0.4, 0.5) is 0 Å². The molecule has 7 nitrogen and oxygen atoms in total. The molecule has 176 valence electrons. The van der Waals surface area contributed by atoms with E-state index in [0.717, 1.165) is 19.3 Å². The van der Waals surface area contributed by atoms with Crippen LogP contribution in [0.1, 0.15) is 53.4 Å². The smallest absolute Gasteiger partial charge is 0.330 e. The van der Waals surface area contributed by atoms with Crippen molar-refractivity contribution >= 4 is 14.3 Å². The Kier molecular flexibility index (Phi) is 11.8. The number of ether oxygens (including phenoxy) is 5. The highest BCUT2D eigenvalue weighted by Gasteiger charge is 2.46. The van der Waals surface area contributed by atoms with E-state index in [1.54, 1.807) is 14.2 Å². The standard InChI is InChI=1S/C22H42O7Si/c1-9-10-12-17(26-15-24-5)21(29-30(7,8)22(2,3)4)20(27-16-25-6)18-13-11-14-19(23)28-18/h11,14,17-18,20-21H,9-10,12-13,15-16H2,1-8H3/t17-,18+,20+,21+/m0/s1. The van der Waals surface area contributed by atoms with Crippen molar-refractivity contribution in [1.29, 1.82) is 0 Å². The Balaban J connectivity index is 3.31. The summed E-state index contributed by atoms with van der Waals surface area (Å²) in [5.41, 5.74) is 0. The van der Waals surface area contributed by atoms with Crippen molar-refractivity contribution in [3.63, 3.8) is 0 Å². The molecule has 0 aromatic heterocycles. The maximum absolute atomic E-state index is 12.0. The lowest BCUT2D eigenvalue weighted by atomic mass is 9.96. The first-order chi connectivity index (χ1) is 14.1. The van der Waals surface area contributed by atoms with Gasteiger partial charge in [-0.1, -0.05) is 46.6 Å². The minimum atomic E-state index is -2.19. The summed E-state index contributed by atoms with van der Waals surface area (Å²) in [5.74, 6) is -0.369. The van der Waals surface area contributed by atoms with E-state index >= 15 is 0 Å². The Morgan fingerprint density at radius 3 is 2.33 bits per heavy atom. The Morgan fingerprint density at radius 1 is 1.17 bits per heavy atom. The highest BCUT2D eigenvalue weighted by molar-refractivity contribution is 6.74. The van der Waals surface area contributed by atoms with E-state index in [9.17, 15) is 4.79 Å². The number of cyclic esters (lactones) is 1. The van der Waals surface area contributed by atoms with Gasteiger partial charge in [0.2, 0.25) is 0 Å². The van der Waals surface area contributed by atoms with Crippen molar-refractivity contribution in [2.24, 2.45) is 0 Å². The third-order valence-corrected chi connectivity index (χ3v) is 10.3. The van der Waals surface area contributed by atoms with Gasteiger partial charge in [0.05, 0.1) is 6.10 Å². The first-order valence-electron chi connectivity index (χ1n) is 10.8. The third kappa shape index (κ3) is 8.40. The fourth-order valence-corrected chi connectivity index (χ4v) is 4.39. The summed E-state index contributed by atoms with van der Waals surface area (Å²) in [4.78, 5) is 12.0. The zero-order valence-corrected chi connectivity index (χ0v) is 21.1. The Labute approximate surface area is 183 Å². The monoisotopic (exact) mass is 446 g/mol. The molecule has 0 aliphatic carbocycles. The number of methoxy groups -OCH3 is 2. The number of rotatable bonds is 14. The van der Waals surface area contributed by atoms with Crippen LogP contribution in [0.25, 0.3) is 0 Å². The summed E-state index contributed by atoms with van der Waals surface area (Å²) >= 11 is 0. The molecule has 0 aromatic rings. The predicted octanol–water partition coefficient (Wildman–Crippen LogP) is 4.42. The molecule has 0 saturated carbocycles. The first-order valence-corrected chi connectivity index (χ1v) is 13.7. The predicted molar refractivity (Wildman–Crippen MR) is 119 cm³/mol. The fourth-order valence-electron chi connectivity index (χ4n) is 3.07. The Morgan fingerprint density at radius 2 is 1.80 bits per heavy atom. The number of esters is 1. The largest absolute Gasteiger partial charge is 0.456 e. The van der Waals surface area contributed by atoms with Crippen LogP contribution >= 0.6 is 0 Å². The molecule has 0 saturated heterocycles. The molecular formula is C22H42O7Si. The van der Waals surface area contributed by atoms with Gasteiger partial charge in [-0.2, -0.15) is 0 Å². The number of carbonyl (C=O) groups is 1. The second-order valence-corrected chi connectivity index (χ2v) is 14.0. The normalized spacial score (nSPS) is 20.7. The average molecular weight is 447 g/mol. The van der Waals surface area contributed by atoms with E-state index in [1.165, 1.54) is 6.08 Å².